The lowest BCUT2D eigenvalue weighted by Crippen LogP contribution is -2.06. The highest BCUT2D eigenvalue weighted by molar-refractivity contribution is 6.04. The molecule has 0 amide bonds. The number of rotatable bonds is 3. The number of hydrogen-bond donors (Lipinski definition) is 1. The third kappa shape index (κ3) is 2.43. The molecule has 1 aromatic carbocycles. The Morgan fingerprint density at radius 2 is 2.05 bits per heavy atom. The first-order valence-corrected chi connectivity index (χ1v) is 6.89. The molecule has 0 spiro atoms. The summed E-state index contributed by atoms with van der Waals surface area (Å²) in [5, 5.41) is 7.57. The Kier molecular flexibility index (Phi) is 3.58. The highest BCUT2D eigenvalue weighted by Gasteiger charge is 2.18. The van der Waals surface area contributed by atoms with Crippen molar-refractivity contribution in [2.45, 2.75) is 13.8 Å². The number of aromatic amines is 1. The highest BCUT2D eigenvalue weighted by atomic mass is 19.1. The zero-order chi connectivity index (χ0) is 15.7. The van der Waals surface area contributed by atoms with Gasteiger partial charge in [-0.3, -0.25) is 5.10 Å². The molecule has 0 saturated carbocycles. The summed E-state index contributed by atoms with van der Waals surface area (Å²) in [7, 11) is 0. The van der Waals surface area contributed by atoms with Crippen molar-refractivity contribution in [1.29, 1.82) is 0 Å². The Morgan fingerprint density at radius 3 is 2.73 bits per heavy atom. The number of pyridine rings is 1. The van der Waals surface area contributed by atoms with Crippen LogP contribution in [-0.4, -0.2) is 27.8 Å². The maximum atomic E-state index is 13.1. The first-order valence-electron chi connectivity index (χ1n) is 6.89. The summed E-state index contributed by atoms with van der Waals surface area (Å²) in [6.07, 6.45) is 0. The predicted molar refractivity (Wildman–Crippen MR) is 80.0 cm³/mol. The van der Waals surface area contributed by atoms with Crippen molar-refractivity contribution in [2.75, 3.05) is 6.61 Å². The molecule has 3 rings (SSSR count). The molecule has 0 fully saturated rings. The van der Waals surface area contributed by atoms with Crippen molar-refractivity contribution < 1.29 is 13.9 Å². The maximum absolute atomic E-state index is 13.1. The fourth-order valence-corrected chi connectivity index (χ4v) is 2.31. The topological polar surface area (TPSA) is 67.9 Å². The molecule has 0 atom stereocenters. The SMILES string of the molecule is CCOC(=O)c1cc(-c2ccc(F)cc2)nc2n[nH]c(C)c12. The molecule has 0 aliphatic rings. The predicted octanol–water partition coefficient (Wildman–Crippen LogP) is 3.25. The van der Waals surface area contributed by atoms with Crippen LogP contribution in [0.3, 0.4) is 0 Å². The highest BCUT2D eigenvalue weighted by Crippen LogP contribution is 2.26. The number of ether oxygens (including phenoxy) is 1. The fourth-order valence-electron chi connectivity index (χ4n) is 2.31. The molecule has 3 aromatic rings. The molecule has 2 heterocycles. The van der Waals surface area contributed by atoms with Crippen molar-refractivity contribution in [1.82, 2.24) is 15.2 Å². The molecular weight excluding hydrogens is 285 g/mol. The van der Waals surface area contributed by atoms with E-state index >= 15 is 0 Å². The largest absolute Gasteiger partial charge is 0.462 e. The molecule has 0 saturated heterocycles. The van der Waals surface area contributed by atoms with Crippen LogP contribution < -0.4 is 0 Å². The third-order valence-corrected chi connectivity index (χ3v) is 3.34. The third-order valence-electron chi connectivity index (χ3n) is 3.34. The molecule has 0 aliphatic heterocycles. The van der Waals surface area contributed by atoms with Crippen LogP contribution in [0.25, 0.3) is 22.3 Å². The van der Waals surface area contributed by atoms with Gasteiger partial charge < -0.3 is 4.74 Å². The molecule has 112 valence electrons. The molecule has 0 unspecified atom stereocenters. The average molecular weight is 299 g/mol. The lowest BCUT2D eigenvalue weighted by atomic mass is 10.1. The van der Waals surface area contributed by atoms with Gasteiger partial charge >= 0.3 is 5.97 Å². The second-order valence-electron chi connectivity index (χ2n) is 4.83. The number of carbonyl (C=O) groups excluding carboxylic acids is 1. The van der Waals surface area contributed by atoms with Crippen LogP contribution in [0.15, 0.2) is 30.3 Å². The van der Waals surface area contributed by atoms with Gasteiger partial charge in [-0.2, -0.15) is 5.10 Å². The molecule has 6 heteroatoms. The monoisotopic (exact) mass is 299 g/mol. The van der Waals surface area contributed by atoms with E-state index in [1.54, 1.807) is 25.1 Å². The average Bonchev–Trinajstić information content (AvgIpc) is 2.89. The zero-order valence-electron chi connectivity index (χ0n) is 12.2. The van der Waals surface area contributed by atoms with Gasteiger partial charge in [0.1, 0.15) is 5.82 Å². The number of aromatic nitrogens is 3. The number of nitrogens with zero attached hydrogens (tertiary/aromatic N) is 2. The van der Waals surface area contributed by atoms with Gasteiger partial charge in [-0.1, -0.05) is 0 Å². The summed E-state index contributed by atoms with van der Waals surface area (Å²) < 4.78 is 18.2. The van der Waals surface area contributed by atoms with E-state index in [1.807, 2.05) is 6.92 Å². The summed E-state index contributed by atoms with van der Waals surface area (Å²) in [6.45, 7) is 3.85. The number of hydrogen-bond acceptors (Lipinski definition) is 4. The summed E-state index contributed by atoms with van der Waals surface area (Å²) in [5.74, 6) is -0.756. The number of nitrogens with one attached hydrogen (secondary N) is 1. The molecule has 0 bridgehead atoms. The number of halogens is 1. The Balaban J connectivity index is 2.20. The summed E-state index contributed by atoms with van der Waals surface area (Å²) in [5.41, 5.74) is 2.83. The minimum Gasteiger partial charge on any atom is -0.462 e. The van der Waals surface area contributed by atoms with Crippen LogP contribution >= 0.6 is 0 Å². The van der Waals surface area contributed by atoms with E-state index in [4.69, 9.17) is 4.74 Å². The van der Waals surface area contributed by atoms with E-state index in [0.717, 1.165) is 5.69 Å². The normalized spacial score (nSPS) is 10.9. The van der Waals surface area contributed by atoms with E-state index in [1.165, 1.54) is 12.1 Å². The second kappa shape index (κ2) is 5.55. The molecule has 0 aliphatic carbocycles. The standard InChI is InChI=1S/C16H14FN3O2/c1-3-22-16(21)12-8-13(10-4-6-11(17)7-5-10)18-15-14(12)9(2)19-20-15/h4-8H,3H2,1-2H3,(H,18,19,20). The maximum Gasteiger partial charge on any atom is 0.339 e. The van der Waals surface area contributed by atoms with Gasteiger partial charge in [-0.15, -0.1) is 0 Å². The van der Waals surface area contributed by atoms with Crippen molar-refractivity contribution in [3.63, 3.8) is 0 Å². The number of fused-ring (bicyclic) bond motifs is 1. The van der Waals surface area contributed by atoms with Gasteiger partial charge in [0.2, 0.25) is 0 Å². The summed E-state index contributed by atoms with van der Waals surface area (Å²) in [6, 6.07) is 7.56. The number of aryl methyl sites for hydroxylation is 1. The van der Waals surface area contributed by atoms with Gasteiger partial charge in [0.25, 0.3) is 0 Å². The summed E-state index contributed by atoms with van der Waals surface area (Å²) in [4.78, 5) is 16.6. The molecule has 2 aromatic heterocycles. The lowest BCUT2D eigenvalue weighted by Gasteiger charge is -2.07. The number of benzene rings is 1. The minimum atomic E-state index is -0.428. The van der Waals surface area contributed by atoms with Crippen molar-refractivity contribution >= 4 is 17.0 Å². The van der Waals surface area contributed by atoms with Gasteiger partial charge in [0.15, 0.2) is 5.65 Å². The lowest BCUT2D eigenvalue weighted by molar-refractivity contribution is 0.0528. The Morgan fingerprint density at radius 1 is 1.32 bits per heavy atom. The Labute approximate surface area is 126 Å². The smallest absolute Gasteiger partial charge is 0.339 e. The molecule has 1 N–H and O–H groups in total. The summed E-state index contributed by atoms with van der Waals surface area (Å²) >= 11 is 0. The first kappa shape index (κ1) is 14.2. The molecule has 0 radical (unpaired) electrons. The number of H-pyrrole nitrogens is 1. The van der Waals surface area contributed by atoms with E-state index in [-0.39, 0.29) is 12.4 Å². The fraction of sp³-hybridized carbons (Fsp3) is 0.188. The van der Waals surface area contributed by atoms with Crippen LogP contribution in [0.1, 0.15) is 23.0 Å². The van der Waals surface area contributed by atoms with Crippen LogP contribution in [0.5, 0.6) is 0 Å². The van der Waals surface area contributed by atoms with Crippen molar-refractivity contribution in [2.24, 2.45) is 0 Å². The quantitative estimate of drug-likeness (QED) is 0.754. The van der Waals surface area contributed by atoms with Crippen molar-refractivity contribution in [3.05, 3.63) is 47.4 Å². The first-order chi connectivity index (χ1) is 10.6. The van der Waals surface area contributed by atoms with Gasteiger partial charge in [-0.05, 0) is 44.2 Å². The molecule has 5 nitrogen and oxygen atoms in total. The van der Waals surface area contributed by atoms with Crippen LogP contribution in [0.2, 0.25) is 0 Å². The van der Waals surface area contributed by atoms with Gasteiger partial charge in [0.05, 0.1) is 23.3 Å². The zero-order valence-corrected chi connectivity index (χ0v) is 12.2. The Bertz CT molecular complexity index is 840. The van der Waals surface area contributed by atoms with Gasteiger partial charge in [0, 0.05) is 11.3 Å². The van der Waals surface area contributed by atoms with E-state index in [2.05, 4.69) is 15.2 Å². The minimum absolute atomic E-state index is 0.283. The number of esters is 1. The van der Waals surface area contributed by atoms with E-state index in [9.17, 15) is 9.18 Å². The van der Waals surface area contributed by atoms with Crippen LogP contribution in [-0.2, 0) is 4.74 Å². The van der Waals surface area contributed by atoms with Gasteiger partial charge in [-0.25, -0.2) is 14.2 Å². The van der Waals surface area contributed by atoms with E-state index < -0.39 is 5.97 Å². The number of carbonyl (C=O) groups is 1. The van der Waals surface area contributed by atoms with Crippen LogP contribution in [0, 0.1) is 12.7 Å². The molecule has 22 heavy (non-hydrogen) atoms. The molecular formula is C16H14FN3O2. The Hall–Kier alpha value is -2.76. The van der Waals surface area contributed by atoms with Crippen LogP contribution in [0.4, 0.5) is 4.39 Å². The second-order valence-corrected chi connectivity index (χ2v) is 4.83. The van der Waals surface area contributed by atoms with Crippen molar-refractivity contribution in [3.8, 4) is 11.3 Å². The van der Waals surface area contributed by atoms with E-state index in [0.29, 0.717) is 27.9 Å².